The Balaban J connectivity index is 1.25. The van der Waals surface area contributed by atoms with Crippen LogP contribution in [0.3, 0.4) is 0 Å². The van der Waals surface area contributed by atoms with E-state index in [4.69, 9.17) is 9.47 Å². The number of carbonyl (C=O) groups is 1. The number of ether oxygens (including phenoxy) is 2. The van der Waals surface area contributed by atoms with Gasteiger partial charge in [-0.15, -0.1) is 11.8 Å². The summed E-state index contributed by atoms with van der Waals surface area (Å²) in [7, 11) is 0. The molecular weight excluding hydrogens is 420 g/mol. The minimum atomic E-state index is -0.320. The molecule has 0 spiro atoms. The van der Waals surface area contributed by atoms with Crippen LogP contribution in [0.15, 0.2) is 65.0 Å². The van der Waals surface area contributed by atoms with Gasteiger partial charge in [0.25, 0.3) is 0 Å². The SMILES string of the molecule is CSc1ccc(Oc2ccc(OC(=O)N3CCC(Sc4ncc[nH]4)CC3)cc2)nc1. The van der Waals surface area contributed by atoms with Crippen LogP contribution in [-0.2, 0) is 0 Å². The van der Waals surface area contributed by atoms with E-state index in [-0.39, 0.29) is 6.09 Å². The Kier molecular flexibility index (Phi) is 6.81. The molecule has 1 aliphatic heterocycles. The topological polar surface area (TPSA) is 80.3 Å². The first-order valence-electron chi connectivity index (χ1n) is 9.60. The standard InChI is InChI=1S/C21H22N4O3S2/c1-29-18-6-7-19(24-14-18)27-15-2-4-16(5-3-15)28-21(26)25-12-8-17(9-13-25)30-20-22-10-11-23-20/h2-7,10-11,14,17H,8-9,12-13H2,1H3,(H,22,23). The Bertz CT molecular complexity index is 941. The Morgan fingerprint density at radius 3 is 2.50 bits per heavy atom. The maximum atomic E-state index is 12.5. The average molecular weight is 443 g/mol. The van der Waals surface area contributed by atoms with Crippen molar-refractivity contribution in [1.29, 1.82) is 0 Å². The fraction of sp³-hybridized carbons (Fsp3) is 0.286. The second kappa shape index (κ2) is 9.90. The number of carbonyl (C=O) groups excluding carboxylic acids is 1. The maximum Gasteiger partial charge on any atom is 0.415 e. The molecule has 1 aliphatic rings. The number of hydrogen-bond donors (Lipinski definition) is 1. The smallest absolute Gasteiger partial charge is 0.415 e. The van der Waals surface area contributed by atoms with E-state index in [1.165, 1.54) is 0 Å². The van der Waals surface area contributed by atoms with E-state index in [9.17, 15) is 4.79 Å². The van der Waals surface area contributed by atoms with Crippen molar-refractivity contribution in [2.24, 2.45) is 0 Å². The molecule has 2 aromatic heterocycles. The van der Waals surface area contributed by atoms with Crippen molar-refractivity contribution < 1.29 is 14.3 Å². The van der Waals surface area contributed by atoms with Crippen molar-refractivity contribution in [3.05, 3.63) is 55.0 Å². The van der Waals surface area contributed by atoms with E-state index < -0.39 is 0 Å². The summed E-state index contributed by atoms with van der Waals surface area (Å²) in [6.45, 7) is 1.35. The van der Waals surface area contributed by atoms with Gasteiger partial charge in [-0.1, -0.05) is 11.8 Å². The molecule has 1 fully saturated rings. The highest BCUT2D eigenvalue weighted by molar-refractivity contribution is 7.99. The van der Waals surface area contributed by atoms with Gasteiger partial charge in [-0.05, 0) is 49.4 Å². The van der Waals surface area contributed by atoms with Crippen molar-refractivity contribution in [3.63, 3.8) is 0 Å². The molecule has 9 heteroatoms. The van der Waals surface area contributed by atoms with Crippen LogP contribution >= 0.6 is 23.5 Å². The lowest BCUT2D eigenvalue weighted by atomic mass is 10.1. The number of benzene rings is 1. The molecule has 0 bridgehead atoms. The summed E-state index contributed by atoms with van der Waals surface area (Å²) in [5.41, 5.74) is 0. The molecule has 0 unspecified atom stereocenters. The maximum absolute atomic E-state index is 12.5. The molecular formula is C21H22N4O3S2. The van der Waals surface area contributed by atoms with E-state index in [0.29, 0.717) is 35.7 Å². The molecule has 30 heavy (non-hydrogen) atoms. The van der Waals surface area contributed by atoms with Crippen LogP contribution in [-0.4, -0.2) is 50.5 Å². The van der Waals surface area contributed by atoms with Gasteiger partial charge in [0, 0.05) is 47.9 Å². The molecule has 3 heterocycles. The number of likely N-dealkylation sites (tertiary alicyclic amines) is 1. The van der Waals surface area contributed by atoms with E-state index >= 15 is 0 Å². The highest BCUT2D eigenvalue weighted by atomic mass is 32.2. The summed E-state index contributed by atoms with van der Waals surface area (Å²) in [5.74, 6) is 1.65. The lowest BCUT2D eigenvalue weighted by Gasteiger charge is -2.30. The van der Waals surface area contributed by atoms with Crippen LogP contribution in [0.5, 0.6) is 17.4 Å². The number of nitrogens with one attached hydrogen (secondary N) is 1. The number of aromatic nitrogens is 3. The minimum Gasteiger partial charge on any atom is -0.439 e. The van der Waals surface area contributed by atoms with Crippen LogP contribution in [0.1, 0.15) is 12.8 Å². The highest BCUT2D eigenvalue weighted by Gasteiger charge is 2.25. The van der Waals surface area contributed by atoms with Crippen molar-refractivity contribution >= 4 is 29.6 Å². The third-order valence-electron chi connectivity index (χ3n) is 4.65. The summed E-state index contributed by atoms with van der Waals surface area (Å²) < 4.78 is 11.2. The van der Waals surface area contributed by atoms with Crippen molar-refractivity contribution in [2.45, 2.75) is 28.1 Å². The number of rotatable bonds is 6. The summed E-state index contributed by atoms with van der Waals surface area (Å²) in [6.07, 6.45) is 8.85. The molecule has 1 aromatic carbocycles. The number of aromatic amines is 1. The number of H-pyrrole nitrogens is 1. The lowest BCUT2D eigenvalue weighted by Crippen LogP contribution is -2.40. The first-order valence-corrected chi connectivity index (χ1v) is 11.7. The number of thioether (sulfide) groups is 2. The van der Waals surface area contributed by atoms with Crippen molar-refractivity contribution in [1.82, 2.24) is 19.9 Å². The van der Waals surface area contributed by atoms with Gasteiger partial charge < -0.3 is 19.4 Å². The van der Waals surface area contributed by atoms with E-state index in [1.54, 1.807) is 65.1 Å². The van der Waals surface area contributed by atoms with Crippen LogP contribution in [0.2, 0.25) is 0 Å². The number of amides is 1. The Morgan fingerprint density at radius 1 is 1.10 bits per heavy atom. The molecule has 7 nitrogen and oxygen atoms in total. The van der Waals surface area contributed by atoms with Gasteiger partial charge >= 0.3 is 6.09 Å². The zero-order chi connectivity index (χ0) is 20.8. The summed E-state index contributed by atoms with van der Waals surface area (Å²) in [4.78, 5) is 26.9. The van der Waals surface area contributed by atoms with Gasteiger partial charge in [-0.3, -0.25) is 0 Å². The monoisotopic (exact) mass is 442 g/mol. The van der Waals surface area contributed by atoms with E-state index in [1.807, 2.05) is 24.6 Å². The summed E-state index contributed by atoms with van der Waals surface area (Å²) in [5, 5.41) is 1.38. The zero-order valence-corrected chi connectivity index (χ0v) is 18.1. The second-order valence-electron chi connectivity index (χ2n) is 6.68. The predicted octanol–water partition coefficient (Wildman–Crippen LogP) is 5.07. The molecule has 156 valence electrons. The van der Waals surface area contributed by atoms with Crippen LogP contribution < -0.4 is 9.47 Å². The van der Waals surface area contributed by atoms with Gasteiger partial charge in [0.05, 0.1) is 0 Å². The zero-order valence-electron chi connectivity index (χ0n) is 16.5. The Labute approximate surface area is 183 Å². The van der Waals surface area contributed by atoms with Crippen LogP contribution in [0.4, 0.5) is 4.79 Å². The number of nitrogens with zero attached hydrogens (tertiary/aromatic N) is 3. The summed E-state index contributed by atoms with van der Waals surface area (Å²) in [6, 6.07) is 10.8. The molecule has 0 atom stereocenters. The largest absolute Gasteiger partial charge is 0.439 e. The number of piperidine rings is 1. The van der Waals surface area contributed by atoms with Crippen LogP contribution in [0, 0.1) is 0 Å². The number of imidazole rings is 1. The third-order valence-corrected chi connectivity index (χ3v) is 6.61. The van der Waals surface area contributed by atoms with E-state index in [0.717, 1.165) is 22.9 Å². The number of pyridine rings is 1. The predicted molar refractivity (Wildman–Crippen MR) is 118 cm³/mol. The lowest BCUT2D eigenvalue weighted by molar-refractivity contribution is 0.143. The van der Waals surface area contributed by atoms with Crippen molar-refractivity contribution in [2.75, 3.05) is 19.3 Å². The average Bonchev–Trinajstić information content (AvgIpc) is 3.29. The molecule has 4 rings (SSSR count). The molecule has 3 aromatic rings. The summed E-state index contributed by atoms with van der Waals surface area (Å²) >= 11 is 3.36. The fourth-order valence-electron chi connectivity index (χ4n) is 3.04. The molecule has 0 saturated carbocycles. The molecule has 0 radical (unpaired) electrons. The van der Waals surface area contributed by atoms with Gasteiger partial charge in [0.15, 0.2) is 5.16 Å². The van der Waals surface area contributed by atoms with Gasteiger partial charge in [-0.2, -0.15) is 0 Å². The Morgan fingerprint density at radius 2 is 1.87 bits per heavy atom. The quantitative estimate of drug-likeness (QED) is 0.534. The minimum absolute atomic E-state index is 0.320. The van der Waals surface area contributed by atoms with Gasteiger partial charge in [0.2, 0.25) is 5.88 Å². The Hall–Kier alpha value is -2.65. The van der Waals surface area contributed by atoms with Crippen molar-refractivity contribution in [3.8, 4) is 17.4 Å². The molecule has 1 amide bonds. The molecule has 0 aliphatic carbocycles. The van der Waals surface area contributed by atoms with Gasteiger partial charge in [-0.25, -0.2) is 14.8 Å². The van der Waals surface area contributed by atoms with E-state index in [2.05, 4.69) is 15.0 Å². The fourth-order valence-corrected chi connectivity index (χ4v) is 4.42. The third kappa shape index (κ3) is 5.48. The molecule has 1 N–H and O–H groups in total. The molecule has 1 saturated heterocycles. The number of hydrogen-bond acceptors (Lipinski definition) is 7. The van der Waals surface area contributed by atoms with Crippen LogP contribution in [0.25, 0.3) is 0 Å². The normalized spacial score (nSPS) is 14.5. The first kappa shape index (κ1) is 20.6. The second-order valence-corrected chi connectivity index (χ2v) is 8.85. The first-order chi connectivity index (χ1) is 14.7. The van der Waals surface area contributed by atoms with Gasteiger partial charge in [0.1, 0.15) is 11.5 Å². The highest BCUT2D eigenvalue weighted by Crippen LogP contribution is 2.29.